The van der Waals surface area contributed by atoms with Gasteiger partial charge in [-0.15, -0.1) is 0 Å². The number of aryl methyl sites for hydroxylation is 2. The highest BCUT2D eigenvalue weighted by Crippen LogP contribution is 2.46. The molecule has 0 fully saturated rings. The lowest BCUT2D eigenvalue weighted by Gasteiger charge is -2.29. The Morgan fingerprint density at radius 1 is 1.03 bits per heavy atom. The Balaban J connectivity index is 1.86. The molecule has 0 radical (unpaired) electrons. The molecule has 0 aliphatic carbocycles. The molecule has 1 aromatic heterocycles. The van der Waals surface area contributed by atoms with Crippen molar-refractivity contribution in [1.29, 1.82) is 0 Å². The number of nitrogens with one attached hydrogen (secondary N) is 2. The van der Waals surface area contributed by atoms with Gasteiger partial charge in [-0.05, 0) is 55.0 Å². The van der Waals surface area contributed by atoms with E-state index in [9.17, 15) is 4.79 Å². The van der Waals surface area contributed by atoms with Crippen LogP contribution < -0.4 is 24.8 Å². The largest absolute Gasteiger partial charge is 0.493 e. The smallest absolute Gasteiger partial charge is 0.255 e. The number of methoxy groups -OCH3 is 3. The topological polar surface area (TPSA) is 112 Å². The zero-order chi connectivity index (χ0) is 23.7. The number of carbonyl (C=O) groups excluding carboxylic acids is 1. The molecule has 2 N–H and O–H groups in total. The predicted octanol–water partition coefficient (Wildman–Crippen LogP) is 3.24. The number of amides is 1. The van der Waals surface area contributed by atoms with Crippen LogP contribution in [0.2, 0.25) is 0 Å². The standard InChI is InChI=1S/C23H26N6O4/c1-12-7-9-16(13(2)11-12)25-22(30)18-14(3)24-23-26-27-28-29(23)19(18)15-8-10-17(31-4)21(33-6)20(15)32-5/h7-11,19H,1-6H3,(H,25,30)(H,24,26,28)/t19-/m0/s1. The lowest BCUT2D eigenvalue weighted by Crippen LogP contribution is -2.32. The molecule has 3 aromatic rings. The Labute approximate surface area is 191 Å². The van der Waals surface area contributed by atoms with Crippen LogP contribution >= 0.6 is 0 Å². The van der Waals surface area contributed by atoms with Crippen molar-refractivity contribution >= 4 is 17.5 Å². The summed E-state index contributed by atoms with van der Waals surface area (Å²) in [7, 11) is 4.62. The number of carbonyl (C=O) groups is 1. The Morgan fingerprint density at radius 3 is 2.45 bits per heavy atom. The molecule has 0 unspecified atom stereocenters. The summed E-state index contributed by atoms with van der Waals surface area (Å²) in [6, 6.07) is 8.78. The van der Waals surface area contributed by atoms with Crippen LogP contribution in [0.15, 0.2) is 41.6 Å². The average molecular weight is 450 g/mol. The van der Waals surface area contributed by atoms with E-state index in [0.717, 1.165) is 16.8 Å². The second kappa shape index (κ2) is 8.81. The van der Waals surface area contributed by atoms with Gasteiger partial charge in [-0.3, -0.25) is 4.79 Å². The highest BCUT2D eigenvalue weighted by Gasteiger charge is 2.37. The fraction of sp³-hybridized carbons (Fsp3) is 0.304. The number of tetrazole rings is 1. The molecule has 0 spiro atoms. The highest BCUT2D eigenvalue weighted by atomic mass is 16.5. The van der Waals surface area contributed by atoms with E-state index in [1.165, 1.54) is 14.2 Å². The molecule has 1 atom stereocenters. The molecule has 10 nitrogen and oxygen atoms in total. The summed E-state index contributed by atoms with van der Waals surface area (Å²) in [5.74, 6) is 1.48. The van der Waals surface area contributed by atoms with Crippen LogP contribution in [0.1, 0.15) is 29.7 Å². The first-order valence-electron chi connectivity index (χ1n) is 10.3. The van der Waals surface area contributed by atoms with Gasteiger partial charge in [0.1, 0.15) is 6.04 Å². The molecule has 10 heteroatoms. The Morgan fingerprint density at radius 2 is 1.79 bits per heavy atom. The third kappa shape index (κ3) is 3.84. The molecule has 2 aromatic carbocycles. The summed E-state index contributed by atoms with van der Waals surface area (Å²) < 4.78 is 18.2. The molecule has 0 bridgehead atoms. The van der Waals surface area contributed by atoms with Gasteiger partial charge < -0.3 is 24.8 Å². The van der Waals surface area contributed by atoms with Gasteiger partial charge >= 0.3 is 0 Å². The van der Waals surface area contributed by atoms with Crippen LogP contribution in [0.25, 0.3) is 0 Å². The van der Waals surface area contributed by atoms with E-state index >= 15 is 0 Å². The van der Waals surface area contributed by atoms with Gasteiger partial charge in [0.05, 0.1) is 26.9 Å². The van der Waals surface area contributed by atoms with Crippen molar-refractivity contribution in [3.05, 3.63) is 58.3 Å². The van der Waals surface area contributed by atoms with Crippen molar-refractivity contribution in [2.75, 3.05) is 32.0 Å². The normalized spacial score (nSPS) is 14.9. The zero-order valence-electron chi connectivity index (χ0n) is 19.4. The van der Waals surface area contributed by atoms with E-state index in [4.69, 9.17) is 14.2 Å². The van der Waals surface area contributed by atoms with Crippen molar-refractivity contribution in [3.63, 3.8) is 0 Å². The van der Waals surface area contributed by atoms with Crippen LogP contribution in [-0.2, 0) is 4.79 Å². The van der Waals surface area contributed by atoms with Gasteiger partial charge in [0.25, 0.3) is 5.91 Å². The minimum atomic E-state index is -0.670. The molecule has 172 valence electrons. The quantitative estimate of drug-likeness (QED) is 0.589. The van der Waals surface area contributed by atoms with Crippen LogP contribution in [-0.4, -0.2) is 47.4 Å². The number of ether oxygens (including phenoxy) is 3. The lowest BCUT2D eigenvalue weighted by atomic mass is 9.93. The summed E-state index contributed by atoms with van der Waals surface area (Å²) in [4.78, 5) is 13.6. The molecule has 0 saturated heterocycles. The summed E-state index contributed by atoms with van der Waals surface area (Å²) in [6.45, 7) is 5.78. The average Bonchev–Trinajstić information content (AvgIpc) is 3.26. The van der Waals surface area contributed by atoms with Crippen molar-refractivity contribution < 1.29 is 19.0 Å². The number of hydrogen-bond donors (Lipinski definition) is 2. The van der Waals surface area contributed by atoms with E-state index in [1.807, 2.05) is 45.0 Å². The first-order chi connectivity index (χ1) is 15.9. The van der Waals surface area contributed by atoms with Gasteiger partial charge in [-0.1, -0.05) is 22.8 Å². The number of anilines is 2. The molecular formula is C23H26N6O4. The summed E-state index contributed by atoms with van der Waals surface area (Å²) in [5, 5.41) is 18.1. The maximum absolute atomic E-state index is 13.6. The van der Waals surface area contributed by atoms with Crippen molar-refractivity contribution in [2.45, 2.75) is 26.8 Å². The number of nitrogens with zero attached hydrogens (tertiary/aromatic N) is 4. The van der Waals surface area contributed by atoms with Gasteiger partial charge in [-0.2, -0.15) is 4.68 Å². The summed E-state index contributed by atoms with van der Waals surface area (Å²) >= 11 is 0. The number of aromatic nitrogens is 4. The number of hydrogen-bond acceptors (Lipinski definition) is 8. The van der Waals surface area contributed by atoms with Crippen LogP contribution in [0.3, 0.4) is 0 Å². The zero-order valence-corrected chi connectivity index (χ0v) is 19.4. The van der Waals surface area contributed by atoms with E-state index in [2.05, 4.69) is 26.2 Å². The monoisotopic (exact) mass is 450 g/mol. The van der Waals surface area contributed by atoms with Gasteiger partial charge in [0, 0.05) is 16.9 Å². The predicted molar refractivity (Wildman–Crippen MR) is 123 cm³/mol. The molecule has 1 aliphatic rings. The number of fused-ring (bicyclic) bond motifs is 1. The molecule has 1 amide bonds. The van der Waals surface area contributed by atoms with E-state index in [0.29, 0.717) is 40.0 Å². The molecule has 33 heavy (non-hydrogen) atoms. The third-order valence-corrected chi connectivity index (χ3v) is 5.62. The lowest BCUT2D eigenvalue weighted by molar-refractivity contribution is -0.113. The van der Waals surface area contributed by atoms with Crippen LogP contribution in [0.5, 0.6) is 17.2 Å². The molecular weight excluding hydrogens is 424 g/mol. The minimum Gasteiger partial charge on any atom is -0.493 e. The Hall–Kier alpha value is -4.08. The first kappa shape index (κ1) is 22.1. The van der Waals surface area contributed by atoms with E-state index < -0.39 is 6.04 Å². The van der Waals surface area contributed by atoms with E-state index in [1.54, 1.807) is 17.9 Å². The second-order valence-electron chi connectivity index (χ2n) is 7.71. The van der Waals surface area contributed by atoms with Gasteiger partial charge in [0.15, 0.2) is 11.5 Å². The molecule has 2 heterocycles. The highest BCUT2D eigenvalue weighted by molar-refractivity contribution is 6.06. The fourth-order valence-corrected chi connectivity index (χ4v) is 4.08. The summed E-state index contributed by atoms with van der Waals surface area (Å²) in [6.07, 6.45) is 0. The Bertz CT molecular complexity index is 1250. The van der Waals surface area contributed by atoms with Crippen LogP contribution in [0, 0.1) is 13.8 Å². The fourth-order valence-electron chi connectivity index (χ4n) is 4.08. The maximum Gasteiger partial charge on any atom is 0.255 e. The maximum atomic E-state index is 13.6. The second-order valence-corrected chi connectivity index (χ2v) is 7.71. The number of rotatable bonds is 6. The van der Waals surface area contributed by atoms with E-state index in [-0.39, 0.29) is 5.91 Å². The number of benzene rings is 2. The minimum absolute atomic E-state index is 0.282. The Kier molecular flexibility index (Phi) is 5.91. The van der Waals surface area contributed by atoms with Crippen LogP contribution in [0.4, 0.5) is 11.6 Å². The number of allylic oxidation sites excluding steroid dienone is 1. The van der Waals surface area contributed by atoms with Crippen molar-refractivity contribution in [2.24, 2.45) is 0 Å². The van der Waals surface area contributed by atoms with Gasteiger partial charge in [-0.25, -0.2) is 0 Å². The SMILES string of the molecule is COc1ccc([C@H]2C(C(=O)Nc3ccc(C)cc3C)=C(C)Nc3nnnn32)c(OC)c1OC. The third-order valence-electron chi connectivity index (χ3n) is 5.62. The summed E-state index contributed by atoms with van der Waals surface area (Å²) in [5.41, 5.74) is 4.53. The first-order valence-corrected chi connectivity index (χ1v) is 10.3. The van der Waals surface area contributed by atoms with Crippen molar-refractivity contribution in [1.82, 2.24) is 20.2 Å². The van der Waals surface area contributed by atoms with Gasteiger partial charge in [0.2, 0.25) is 11.7 Å². The van der Waals surface area contributed by atoms with Crippen molar-refractivity contribution in [3.8, 4) is 17.2 Å². The molecule has 0 saturated carbocycles. The molecule has 1 aliphatic heterocycles. The molecule has 4 rings (SSSR count).